The Bertz CT molecular complexity index is 7670. The molecular weight excluding hydrogens is 1760 g/mol. The Morgan fingerprint density at radius 2 is 0.851 bits per heavy atom. The molecule has 0 spiro atoms. The van der Waals surface area contributed by atoms with Crippen LogP contribution in [0.1, 0.15) is 131 Å². The van der Waals surface area contributed by atoms with Gasteiger partial charge in [-0.3, -0.25) is 18.5 Å². The third-order valence-electron chi connectivity index (χ3n) is 26.4. The summed E-state index contributed by atoms with van der Waals surface area (Å²) in [6, 6.07) is 98.9. The first kappa shape index (κ1) is 71.6. The molecule has 0 N–H and O–H groups in total. The van der Waals surface area contributed by atoms with Crippen LogP contribution < -0.4 is 0 Å². The first-order chi connectivity index (χ1) is 53.9. The molecule has 562 valence electrons. The van der Waals surface area contributed by atoms with E-state index in [4.69, 9.17) is 20.1 Å². The molecule has 0 fully saturated rings. The van der Waals surface area contributed by atoms with Crippen LogP contribution in [0.3, 0.4) is 0 Å². The van der Waals surface area contributed by atoms with Gasteiger partial charge in [0.05, 0.1) is 61.7 Å². The van der Waals surface area contributed by atoms with Gasteiger partial charge in [0.1, 0.15) is 0 Å². The predicted octanol–water partition coefficient (Wildman–Crippen LogP) is 23.8. The van der Waals surface area contributed by atoms with Crippen LogP contribution in [0.2, 0.25) is 0 Å². The van der Waals surface area contributed by atoms with Crippen molar-refractivity contribution in [3.8, 4) is 39.6 Å². The Morgan fingerprint density at radius 3 is 1.49 bits per heavy atom. The summed E-state index contributed by atoms with van der Waals surface area (Å²) < 4.78 is 18.4. The minimum atomic E-state index is -0.211. The second-order valence-corrected chi connectivity index (χ2v) is 35.4. The van der Waals surface area contributed by atoms with E-state index in [0.717, 1.165) is 134 Å². The van der Waals surface area contributed by atoms with Gasteiger partial charge < -0.3 is 22.7 Å². The molecule has 0 saturated carbocycles. The van der Waals surface area contributed by atoms with Gasteiger partial charge in [0.25, 0.3) is 0 Å². The standard InChI is InChI=1S/C54H50N6.C46H32N6.2Pt/c1-51(2,3)34-20-26-42-47(28-34)59-48-29-35(52(4,5)6)21-27-44(48)58(50(59)56-42)37-22-24-39-38-18-14-15-19-43(38)57(45(39)30-37)36-23-25-41-46(31-36)60-49(54(9,10)53(41,7)8)40(32-55-60)33-16-12-11-13-17-33;1-45(2)34-14-11-13-32-29-22-20-27(24-33(29)43-47-26-41(46(45,3)4)52(43)42(32)34)49-36-16-7-5-12-30(36)31-23-21-28(25-40(31)49)50-38-18-9-10-19-39(38)51-37-17-8-6-15-35(37)48-44(50)51;;/h11-29,32H,1-10H3;5-23,26H,1-4H3;;/q2*-2;2*+2. The molecule has 12 aromatic carbocycles. The van der Waals surface area contributed by atoms with Crippen LogP contribution in [0.4, 0.5) is 0 Å². The second-order valence-electron chi connectivity index (χ2n) is 35.4. The van der Waals surface area contributed by atoms with Gasteiger partial charge in [-0.15, -0.1) is 70.9 Å². The number of hydrogen-bond donors (Lipinski definition) is 0. The third-order valence-corrected chi connectivity index (χ3v) is 26.4. The van der Waals surface area contributed by atoms with Crippen molar-refractivity contribution in [3.05, 3.63) is 301 Å². The van der Waals surface area contributed by atoms with Gasteiger partial charge >= 0.3 is 42.1 Å². The molecule has 9 aromatic heterocycles. The van der Waals surface area contributed by atoms with Gasteiger partial charge in [-0.25, -0.2) is 9.97 Å². The number of hydrogen-bond acceptors (Lipinski definition) is 4. The van der Waals surface area contributed by atoms with E-state index in [1.807, 2.05) is 12.3 Å². The Balaban J connectivity index is 0.000000146. The quantitative estimate of drug-likeness (QED) is 0.127. The minimum Gasteiger partial charge on any atom is -0.358 e. The summed E-state index contributed by atoms with van der Waals surface area (Å²) in [5, 5.41) is 13.2. The van der Waals surface area contributed by atoms with Crippen molar-refractivity contribution in [2.75, 3.05) is 0 Å². The van der Waals surface area contributed by atoms with Crippen LogP contribution in [0, 0.1) is 24.3 Å². The monoisotopic (exact) mass is 1840 g/mol. The van der Waals surface area contributed by atoms with Crippen molar-refractivity contribution in [1.82, 2.24) is 56.2 Å². The fraction of sp³-hybridized carbons (Fsp3) is 0.200. The molecule has 0 atom stereocenters. The summed E-state index contributed by atoms with van der Waals surface area (Å²) in [6.07, 6.45) is 4.13. The van der Waals surface area contributed by atoms with Gasteiger partial charge in [0.2, 0.25) is 11.6 Å². The molecule has 12 nitrogen and oxygen atoms in total. The third kappa shape index (κ3) is 9.70. The summed E-state index contributed by atoms with van der Waals surface area (Å²) in [5.74, 6) is 1.75. The number of fused-ring (bicyclic) bond motifs is 22. The molecule has 0 saturated heterocycles. The summed E-state index contributed by atoms with van der Waals surface area (Å²) in [6.45, 7) is 32.5. The Morgan fingerprint density at radius 1 is 0.351 bits per heavy atom. The normalized spacial score (nSPS) is 14.9. The summed E-state index contributed by atoms with van der Waals surface area (Å²) in [4.78, 5) is 15.6. The van der Waals surface area contributed by atoms with E-state index < -0.39 is 0 Å². The van der Waals surface area contributed by atoms with E-state index in [-0.39, 0.29) is 74.6 Å². The van der Waals surface area contributed by atoms with Gasteiger partial charge in [-0.2, -0.15) is 23.3 Å². The molecule has 114 heavy (non-hydrogen) atoms. The number of nitrogens with zero attached hydrogens (tertiary/aromatic N) is 12. The van der Waals surface area contributed by atoms with Crippen LogP contribution >= 0.6 is 0 Å². The Hall–Kier alpha value is -11.4. The van der Waals surface area contributed by atoms with E-state index >= 15 is 0 Å². The van der Waals surface area contributed by atoms with Crippen LogP contribution in [-0.2, 0) is 74.6 Å². The fourth-order valence-electron chi connectivity index (χ4n) is 19.0. The molecule has 0 aliphatic carbocycles. The largest absolute Gasteiger partial charge is 2.00 e. The maximum atomic E-state index is 5.35. The predicted molar refractivity (Wildman–Crippen MR) is 459 cm³/mol. The van der Waals surface area contributed by atoms with Crippen molar-refractivity contribution in [1.29, 1.82) is 0 Å². The zero-order valence-electron chi connectivity index (χ0n) is 66.1. The van der Waals surface area contributed by atoms with Gasteiger partial charge in [0.15, 0.2) is 0 Å². The number of para-hydroxylation sites is 7. The van der Waals surface area contributed by atoms with Crippen molar-refractivity contribution in [2.24, 2.45) is 0 Å². The molecule has 2 aliphatic rings. The molecule has 2 aliphatic heterocycles. The smallest absolute Gasteiger partial charge is 0.358 e. The minimum absolute atomic E-state index is 0. The average Bonchev–Trinajstić information content (AvgIpc) is 1.47. The number of rotatable bonds is 5. The summed E-state index contributed by atoms with van der Waals surface area (Å²) >= 11 is 0. The average molecular weight is 1840 g/mol. The molecule has 23 rings (SSSR count). The molecule has 14 heteroatoms. The molecule has 0 radical (unpaired) electrons. The van der Waals surface area contributed by atoms with Gasteiger partial charge in [-0.1, -0.05) is 257 Å². The number of pyridine rings is 1. The van der Waals surface area contributed by atoms with Crippen LogP contribution in [0.5, 0.6) is 0 Å². The maximum absolute atomic E-state index is 5.35. The molecule has 21 aromatic rings. The zero-order valence-corrected chi connectivity index (χ0v) is 70.6. The van der Waals surface area contributed by atoms with E-state index in [0.29, 0.717) is 0 Å². The van der Waals surface area contributed by atoms with Crippen molar-refractivity contribution in [3.63, 3.8) is 0 Å². The number of aromatic nitrogens is 12. The topological polar surface area (TPSA) is 89.4 Å². The van der Waals surface area contributed by atoms with Crippen molar-refractivity contribution in [2.45, 2.75) is 129 Å². The second kappa shape index (κ2) is 24.6. The molecule has 11 heterocycles. The Labute approximate surface area is 689 Å². The van der Waals surface area contributed by atoms with Gasteiger partial charge in [-0.05, 0) is 127 Å². The first-order valence-electron chi connectivity index (χ1n) is 39.1. The van der Waals surface area contributed by atoms with Crippen molar-refractivity contribution < 1.29 is 42.1 Å². The van der Waals surface area contributed by atoms with E-state index in [9.17, 15) is 0 Å². The van der Waals surface area contributed by atoms with E-state index in [1.54, 1.807) is 0 Å². The SMILES string of the molecule is CC(C)(C)c1ccc2nc3n(-c4[c-]c5c(cc4)c4ccccc4n5-c4[c-]c5c(cc4)C(C)(C)C(C)(C)c4c(-c6ccccc6)cnn4-5)c4ccc(C(C)(C)C)cc4n3c2c1.CC1(C)c2cccc3c4ccc(-n5c6[c-]c(-n7c8ccccc8n8c9ccccc9nc78)ccc6c6ccccc65)[c-]c4c4ncc(n4c23)C1(C)C.[Pt+2].[Pt+2]. The first-order valence-corrected chi connectivity index (χ1v) is 39.1. The molecule has 0 unspecified atom stereocenters. The fourth-order valence-corrected chi connectivity index (χ4v) is 19.0. The van der Waals surface area contributed by atoms with Gasteiger partial charge in [0, 0.05) is 50.2 Å². The molecular formula is C100H82N12Pt2. The molecule has 0 bridgehead atoms. The van der Waals surface area contributed by atoms with E-state index in [1.165, 1.54) is 66.3 Å². The Kier molecular flexibility index (Phi) is 15.4. The maximum Gasteiger partial charge on any atom is 2.00 e. The van der Waals surface area contributed by atoms with E-state index in [2.05, 4.69) is 388 Å². The molecule has 0 amide bonds. The number of benzene rings is 12. The van der Waals surface area contributed by atoms with Crippen LogP contribution in [0.15, 0.2) is 243 Å². The van der Waals surface area contributed by atoms with Crippen LogP contribution in [-0.4, -0.2) is 56.2 Å². The summed E-state index contributed by atoms with van der Waals surface area (Å²) in [7, 11) is 0. The number of imidazole rings is 5. The van der Waals surface area contributed by atoms with Crippen LogP contribution in [0.25, 0.3) is 166 Å². The zero-order chi connectivity index (χ0) is 76.3. The summed E-state index contributed by atoms with van der Waals surface area (Å²) in [5.41, 5.74) is 29.1. The van der Waals surface area contributed by atoms with Crippen molar-refractivity contribution >= 4 is 127 Å².